The molecule has 0 aromatic heterocycles. The van der Waals surface area contributed by atoms with E-state index >= 15 is 0 Å². The molecule has 0 heterocycles. The van der Waals surface area contributed by atoms with Gasteiger partial charge in [0.05, 0.1) is 0 Å². The van der Waals surface area contributed by atoms with Crippen molar-refractivity contribution in [1.82, 2.24) is 19.2 Å². The number of rotatable bonds is 4. The first-order valence-electron chi connectivity index (χ1n) is 5.61. The van der Waals surface area contributed by atoms with Crippen LogP contribution in [-0.4, -0.2) is 106 Å². The van der Waals surface area contributed by atoms with Crippen LogP contribution in [0.5, 0.6) is 0 Å². The van der Waals surface area contributed by atoms with Crippen LogP contribution < -0.4 is 0 Å². The van der Waals surface area contributed by atoms with E-state index in [0.717, 1.165) is 0 Å². The standard InChI is InChI=1S/2C4H12BN2.C2H6Ge/c2*1-6(2)5-7(3)4;1-3-2/h2*1-4H3;1-2H3. The molecule has 0 rings (SSSR count). The zero-order chi connectivity index (χ0) is 14.4. The first kappa shape index (κ1) is 22.7. The van der Waals surface area contributed by atoms with Crippen LogP contribution in [0.3, 0.4) is 0 Å². The third-order valence-corrected chi connectivity index (χ3v) is 0.924. The molecule has 0 aromatic rings. The summed E-state index contributed by atoms with van der Waals surface area (Å²) in [4.78, 5) is 8.00. The fraction of sp³-hybridized carbons (Fsp3) is 1.00. The zero-order valence-corrected chi connectivity index (χ0v) is 15.5. The molecule has 7 heteroatoms. The summed E-state index contributed by atoms with van der Waals surface area (Å²) < 4.78 is 0. The summed E-state index contributed by atoms with van der Waals surface area (Å²) in [6.07, 6.45) is 0. The van der Waals surface area contributed by atoms with E-state index in [1.807, 2.05) is 90.7 Å². The Balaban J connectivity index is -0.000000188. The molecule has 0 aliphatic carbocycles. The summed E-state index contributed by atoms with van der Waals surface area (Å²) in [6, 6.07) is 0. The van der Waals surface area contributed by atoms with Gasteiger partial charge in [-0.2, -0.15) is 0 Å². The Hall–Kier alpha value is 0.513. The average molecular weight is 301 g/mol. The molecular formula is C10H30B2GeN4. The molecule has 0 aliphatic heterocycles. The van der Waals surface area contributed by atoms with Crippen LogP contribution in [0.1, 0.15) is 0 Å². The van der Waals surface area contributed by atoms with Gasteiger partial charge in [0.15, 0.2) is 0 Å². The van der Waals surface area contributed by atoms with E-state index < -0.39 is 0 Å². The molecule has 4 nitrogen and oxygen atoms in total. The van der Waals surface area contributed by atoms with Gasteiger partial charge in [-0.05, 0) is 56.4 Å². The van der Waals surface area contributed by atoms with E-state index in [4.69, 9.17) is 0 Å². The monoisotopic (exact) mass is 302 g/mol. The van der Waals surface area contributed by atoms with Crippen LogP contribution in [0, 0.1) is 0 Å². The number of hydrogen-bond acceptors (Lipinski definition) is 4. The summed E-state index contributed by atoms with van der Waals surface area (Å²) >= 11 is 0.500. The topological polar surface area (TPSA) is 13.0 Å². The van der Waals surface area contributed by atoms with Crippen molar-refractivity contribution >= 4 is 30.5 Å². The van der Waals surface area contributed by atoms with Crippen LogP contribution in [-0.2, 0) is 0 Å². The van der Waals surface area contributed by atoms with Gasteiger partial charge in [0.1, 0.15) is 0 Å². The van der Waals surface area contributed by atoms with E-state index in [0.29, 0.717) is 15.4 Å². The Kier molecular flexibility index (Phi) is 22.0. The molecule has 0 bridgehead atoms. The average Bonchev–Trinajstić information content (AvgIpc) is 1.99. The van der Waals surface area contributed by atoms with Crippen molar-refractivity contribution in [2.45, 2.75) is 11.5 Å². The first-order chi connectivity index (χ1) is 7.67. The van der Waals surface area contributed by atoms with Crippen molar-refractivity contribution in [1.29, 1.82) is 0 Å². The fourth-order valence-corrected chi connectivity index (χ4v) is 0.924. The second-order valence-electron chi connectivity index (χ2n) is 4.59. The third kappa shape index (κ3) is 48.0. The minimum atomic E-state index is 0.500. The number of nitrogens with zero attached hydrogens (tertiary/aromatic N) is 4. The molecule has 0 aromatic carbocycles. The summed E-state index contributed by atoms with van der Waals surface area (Å²) in [5.74, 6) is 4.50. The molecule has 100 valence electrons. The summed E-state index contributed by atoms with van der Waals surface area (Å²) in [7, 11) is 20.0. The van der Waals surface area contributed by atoms with Crippen molar-refractivity contribution in [3.05, 3.63) is 0 Å². The van der Waals surface area contributed by atoms with Crippen molar-refractivity contribution in [3.8, 4) is 0 Å². The quantitative estimate of drug-likeness (QED) is 0.682. The maximum atomic E-state index is 2.25. The molecule has 17 heavy (non-hydrogen) atoms. The van der Waals surface area contributed by atoms with Gasteiger partial charge in [0.25, 0.3) is 0 Å². The van der Waals surface area contributed by atoms with Crippen LogP contribution in [0.25, 0.3) is 0 Å². The third-order valence-electron chi connectivity index (χ3n) is 0.924. The predicted molar refractivity (Wildman–Crippen MR) is 83.7 cm³/mol. The Labute approximate surface area is 118 Å². The molecule has 0 aliphatic rings. The van der Waals surface area contributed by atoms with Crippen LogP contribution >= 0.6 is 0 Å². The molecule has 0 saturated heterocycles. The van der Waals surface area contributed by atoms with Crippen molar-refractivity contribution in [2.75, 3.05) is 56.4 Å². The molecule has 0 N–H and O–H groups in total. The molecule has 0 amide bonds. The predicted octanol–water partition coefficient (Wildman–Crippen LogP) is 0.0744. The van der Waals surface area contributed by atoms with Gasteiger partial charge in [-0.3, -0.25) is 0 Å². The van der Waals surface area contributed by atoms with Crippen molar-refractivity contribution in [3.63, 3.8) is 0 Å². The van der Waals surface area contributed by atoms with Gasteiger partial charge in [-0.15, -0.1) is 0 Å². The van der Waals surface area contributed by atoms with Crippen molar-refractivity contribution in [2.24, 2.45) is 0 Å². The van der Waals surface area contributed by atoms with E-state index in [1.54, 1.807) is 0 Å². The van der Waals surface area contributed by atoms with E-state index in [-0.39, 0.29) is 0 Å². The first-order valence-corrected chi connectivity index (χ1v) is 9.81. The molecule has 0 fully saturated rings. The van der Waals surface area contributed by atoms with Gasteiger partial charge < -0.3 is 19.2 Å². The Morgan fingerprint density at radius 3 is 0.647 bits per heavy atom. The Morgan fingerprint density at radius 1 is 0.529 bits per heavy atom. The molecule has 0 spiro atoms. The second-order valence-corrected chi connectivity index (χ2v) is 6.68. The number of hydrogen-bond donors (Lipinski definition) is 0. The molecule has 0 unspecified atom stereocenters. The molecule has 4 radical (unpaired) electrons. The van der Waals surface area contributed by atoms with E-state index in [9.17, 15) is 0 Å². The molecule has 0 atom stereocenters. The molecular weight excluding hydrogens is 270 g/mol. The van der Waals surface area contributed by atoms with Crippen molar-refractivity contribution < 1.29 is 0 Å². The summed E-state index contributed by atoms with van der Waals surface area (Å²) in [5, 5.41) is 0. The van der Waals surface area contributed by atoms with Gasteiger partial charge in [0, 0.05) is 0 Å². The Bertz CT molecular complexity index is 109. The normalized spacial score (nSPS) is 9.76. The van der Waals surface area contributed by atoms with Crippen LogP contribution in [0.15, 0.2) is 0 Å². The SMILES string of the molecule is CN(C)[B]N(C)C.CN(C)[B]N(C)C.[CH3][Ge][CH3]. The van der Waals surface area contributed by atoms with E-state index in [2.05, 4.69) is 11.5 Å². The second kappa shape index (κ2) is 16.5. The molecule has 0 saturated carbocycles. The maximum absolute atomic E-state index is 2.25. The zero-order valence-electron chi connectivity index (χ0n) is 13.4. The summed E-state index contributed by atoms with van der Waals surface area (Å²) in [5.41, 5.74) is 0. The minimum absolute atomic E-state index is 0.500. The summed E-state index contributed by atoms with van der Waals surface area (Å²) in [6.45, 7) is 0. The van der Waals surface area contributed by atoms with E-state index in [1.165, 1.54) is 0 Å². The van der Waals surface area contributed by atoms with Gasteiger partial charge in [0.2, 0.25) is 0 Å². The van der Waals surface area contributed by atoms with Gasteiger partial charge >= 0.3 is 42.0 Å². The fourth-order valence-electron chi connectivity index (χ4n) is 0.924. The van der Waals surface area contributed by atoms with Crippen LogP contribution in [0.2, 0.25) is 11.5 Å². The van der Waals surface area contributed by atoms with Gasteiger partial charge in [-0.1, -0.05) is 0 Å². The van der Waals surface area contributed by atoms with Gasteiger partial charge in [-0.25, -0.2) is 0 Å². The van der Waals surface area contributed by atoms with Crippen LogP contribution in [0.4, 0.5) is 0 Å². The Morgan fingerprint density at radius 2 is 0.647 bits per heavy atom.